The number of hydrogen-bond acceptors (Lipinski definition) is 2. The Morgan fingerprint density at radius 1 is 1.28 bits per heavy atom. The summed E-state index contributed by atoms with van der Waals surface area (Å²) >= 11 is 0. The summed E-state index contributed by atoms with van der Waals surface area (Å²) < 4.78 is 0. The normalized spacial score (nSPS) is 33.4. The lowest BCUT2D eigenvalue weighted by atomic mass is 9.96. The van der Waals surface area contributed by atoms with Crippen molar-refractivity contribution >= 4 is 5.91 Å². The molecule has 0 aromatic rings. The van der Waals surface area contributed by atoms with E-state index in [4.69, 9.17) is 0 Å². The smallest absolute Gasteiger partial charge is 0.239 e. The van der Waals surface area contributed by atoms with Gasteiger partial charge in [0.15, 0.2) is 0 Å². The molecule has 2 rings (SSSR count). The summed E-state index contributed by atoms with van der Waals surface area (Å²) in [6.07, 6.45) is 7.46. The third-order valence-electron chi connectivity index (χ3n) is 4.66. The first kappa shape index (κ1) is 13.9. The van der Waals surface area contributed by atoms with Crippen LogP contribution in [0.5, 0.6) is 0 Å². The van der Waals surface area contributed by atoms with Gasteiger partial charge in [-0.15, -0.1) is 0 Å². The summed E-state index contributed by atoms with van der Waals surface area (Å²) in [6.45, 7) is 7.42. The van der Waals surface area contributed by atoms with Gasteiger partial charge in [0.25, 0.3) is 0 Å². The SMILES string of the molecule is CCCC1CCCN(C(=O)C2NCCC2C)CC1. The van der Waals surface area contributed by atoms with Gasteiger partial charge in [0.05, 0.1) is 6.04 Å². The number of amides is 1. The highest BCUT2D eigenvalue weighted by Gasteiger charge is 2.33. The van der Waals surface area contributed by atoms with Crippen LogP contribution in [0.3, 0.4) is 0 Å². The molecule has 2 fully saturated rings. The molecule has 0 aromatic heterocycles. The van der Waals surface area contributed by atoms with Crippen LogP contribution < -0.4 is 5.32 Å². The number of likely N-dealkylation sites (tertiary alicyclic amines) is 1. The standard InChI is InChI=1S/C15H28N2O/c1-3-5-13-6-4-10-17(11-8-13)15(18)14-12(2)7-9-16-14/h12-14,16H,3-11H2,1-2H3. The van der Waals surface area contributed by atoms with Crippen LogP contribution in [-0.4, -0.2) is 36.5 Å². The number of carbonyl (C=O) groups is 1. The van der Waals surface area contributed by atoms with Gasteiger partial charge in [0, 0.05) is 13.1 Å². The van der Waals surface area contributed by atoms with Crippen molar-refractivity contribution in [1.82, 2.24) is 10.2 Å². The second kappa shape index (κ2) is 6.55. The third kappa shape index (κ3) is 3.25. The summed E-state index contributed by atoms with van der Waals surface area (Å²) in [5.41, 5.74) is 0. The molecule has 0 bridgehead atoms. The Morgan fingerprint density at radius 2 is 2.11 bits per heavy atom. The zero-order chi connectivity index (χ0) is 13.0. The molecule has 0 spiro atoms. The summed E-state index contributed by atoms with van der Waals surface area (Å²) in [7, 11) is 0. The first-order valence-electron chi connectivity index (χ1n) is 7.74. The van der Waals surface area contributed by atoms with Gasteiger partial charge in [0.1, 0.15) is 0 Å². The highest BCUT2D eigenvalue weighted by atomic mass is 16.2. The van der Waals surface area contributed by atoms with E-state index < -0.39 is 0 Å². The zero-order valence-corrected chi connectivity index (χ0v) is 12.0. The Hall–Kier alpha value is -0.570. The van der Waals surface area contributed by atoms with Crippen LogP contribution in [0.25, 0.3) is 0 Å². The Labute approximate surface area is 111 Å². The monoisotopic (exact) mass is 252 g/mol. The second-order valence-electron chi connectivity index (χ2n) is 6.11. The number of rotatable bonds is 3. The van der Waals surface area contributed by atoms with Crippen LogP contribution in [0, 0.1) is 11.8 Å². The van der Waals surface area contributed by atoms with Crippen molar-refractivity contribution in [3.05, 3.63) is 0 Å². The van der Waals surface area contributed by atoms with E-state index in [1.54, 1.807) is 0 Å². The van der Waals surface area contributed by atoms with Gasteiger partial charge in [0.2, 0.25) is 5.91 Å². The summed E-state index contributed by atoms with van der Waals surface area (Å²) in [5.74, 6) is 1.71. The molecule has 104 valence electrons. The van der Waals surface area contributed by atoms with Gasteiger partial charge >= 0.3 is 0 Å². The maximum atomic E-state index is 12.5. The minimum Gasteiger partial charge on any atom is -0.341 e. The lowest BCUT2D eigenvalue weighted by molar-refractivity contribution is -0.133. The molecule has 3 unspecified atom stereocenters. The highest BCUT2D eigenvalue weighted by molar-refractivity contribution is 5.82. The zero-order valence-electron chi connectivity index (χ0n) is 12.0. The van der Waals surface area contributed by atoms with E-state index >= 15 is 0 Å². The van der Waals surface area contributed by atoms with Crippen LogP contribution >= 0.6 is 0 Å². The van der Waals surface area contributed by atoms with Gasteiger partial charge in [-0.05, 0) is 44.1 Å². The van der Waals surface area contributed by atoms with Gasteiger partial charge in [-0.3, -0.25) is 4.79 Å². The lowest BCUT2D eigenvalue weighted by Crippen LogP contribution is -2.46. The van der Waals surface area contributed by atoms with E-state index in [1.807, 2.05) is 0 Å². The predicted octanol–water partition coefficient (Wildman–Crippen LogP) is 2.41. The number of nitrogens with one attached hydrogen (secondary N) is 1. The molecule has 2 aliphatic rings. The maximum Gasteiger partial charge on any atom is 0.239 e. The number of hydrogen-bond donors (Lipinski definition) is 1. The Morgan fingerprint density at radius 3 is 2.78 bits per heavy atom. The fourth-order valence-electron chi connectivity index (χ4n) is 3.44. The van der Waals surface area contributed by atoms with Crippen molar-refractivity contribution in [2.24, 2.45) is 11.8 Å². The van der Waals surface area contributed by atoms with Crippen LogP contribution in [0.4, 0.5) is 0 Å². The van der Waals surface area contributed by atoms with E-state index in [0.717, 1.165) is 32.0 Å². The Kier molecular flexibility index (Phi) is 5.04. The molecule has 3 atom stereocenters. The third-order valence-corrected chi connectivity index (χ3v) is 4.66. The van der Waals surface area contributed by atoms with E-state index in [9.17, 15) is 4.79 Å². The van der Waals surface area contributed by atoms with E-state index in [2.05, 4.69) is 24.1 Å². The minimum atomic E-state index is 0.0905. The van der Waals surface area contributed by atoms with Crippen molar-refractivity contribution in [3.63, 3.8) is 0 Å². The molecule has 0 saturated carbocycles. The molecule has 1 N–H and O–H groups in total. The average Bonchev–Trinajstić information content (AvgIpc) is 2.64. The summed E-state index contributed by atoms with van der Waals surface area (Å²) in [4.78, 5) is 14.6. The molecule has 0 aliphatic carbocycles. The van der Waals surface area contributed by atoms with E-state index in [-0.39, 0.29) is 6.04 Å². The molecular weight excluding hydrogens is 224 g/mol. The predicted molar refractivity (Wildman–Crippen MR) is 74.4 cm³/mol. The fourth-order valence-corrected chi connectivity index (χ4v) is 3.44. The molecule has 3 nitrogen and oxygen atoms in total. The average molecular weight is 252 g/mol. The van der Waals surface area contributed by atoms with Crippen LogP contribution in [0.2, 0.25) is 0 Å². The Balaban J connectivity index is 1.87. The molecular formula is C15H28N2O. The van der Waals surface area contributed by atoms with Crippen molar-refractivity contribution in [1.29, 1.82) is 0 Å². The number of nitrogens with zero attached hydrogens (tertiary/aromatic N) is 1. The Bertz CT molecular complexity index is 280. The maximum absolute atomic E-state index is 12.5. The van der Waals surface area contributed by atoms with Gasteiger partial charge in [-0.25, -0.2) is 0 Å². The topological polar surface area (TPSA) is 32.3 Å². The van der Waals surface area contributed by atoms with Crippen molar-refractivity contribution in [2.75, 3.05) is 19.6 Å². The van der Waals surface area contributed by atoms with Gasteiger partial charge in [-0.1, -0.05) is 26.7 Å². The quantitative estimate of drug-likeness (QED) is 0.836. The van der Waals surface area contributed by atoms with E-state index in [0.29, 0.717) is 11.8 Å². The van der Waals surface area contributed by atoms with Crippen molar-refractivity contribution < 1.29 is 4.79 Å². The molecule has 18 heavy (non-hydrogen) atoms. The molecule has 1 amide bonds. The van der Waals surface area contributed by atoms with Crippen molar-refractivity contribution in [3.8, 4) is 0 Å². The highest BCUT2D eigenvalue weighted by Crippen LogP contribution is 2.24. The van der Waals surface area contributed by atoms with Gasteiger partial charge < -0.3 is 10.2 Å². The molecule has 0 radical (unpaired) electrons. The van der Waals surface area contributed by atoms with Crippen LogP contribution in [-0.2, 0) is 4.79 Å². The first-order chi connectivity index (χ1) is 8.72. The molecule has 2 saturated heterocycles. The number of carbonyl (C=O) groups excluding carboxylic acids is 1. The van der Waals surface area contributed by atoms with Gasteiger partial charge in [-0.2, -0.15) is 0 Å². The lowest BCUT2D eigenvalue weighted by Gasteiger charge is -2.26. The first-order valence-corrected chi connectivity index (χ1v) is 7.74. The molecule has 2 heterocycles. The minimum absolute atomic E-state index is 0.0905. The molecule has 0 aromatic carbocycles. The van der Waals surface area contributed by atoms with E-state index in [1.165, 1.54) is 32.1 Å². The molecule has 2 aliphatic heterocycles. The van der Waals surface area contributed by atoms with Crippen molar-refractivity contribution in [2.45, 2.75) is 58.4 Å². The largest absolute Gasteiger partial charge is 0.341 e. The van der Waals surface area contributed by atoms with Crippen LogP contribution in [0.15, 0.2) is 0 Å². The molecule has 3 heteroatoms. The summed E-state index contributed by atoms with van der Waals surface area (Å²) in [5, 5.41) is 3.37. The second-order valence-corrected chi connectivity index (χ2v) is 6.11. The summed E-state index contributed by atoms with van der Waals surface area (Å²) in [6, 6.07) is 0.0905. The van der Waals surface area contributed by atoms with Crippen LogP contribution in [0.1, 0.15) is 52.4 Å². The fraction of sp³-hybridized carbons (Fsp3) is 0.933.